The van der Waals surface area contributed by atoms with Gasteiger partial charge in [0.15, 0.2) is 17.0 Å². The monoisotopic (exact) mass is 210 g/mol. The molecule has 0 aliphatic rings. The van der Waals surface area contributed by atoms with Crippen LogP contribution in [-0.4, -0.2) is 15.2 Å². The Kier molecular flexibility index (Phi) is 1.97. The number of pyridine rings is 1. The van der Waals surface area contributed by atoms with Gasteiger partial charge in [0, 0.05) is 6.07 Å². The van der Waals surface area contributed by atoms with Crippen LogP contribution in [0.5, 0.6) is 10.8 Å². The van der Waals surface area contributed by atoms with Gasteiger partial charge in [0.25, 0.3) is 0 Å². The number of aromatic nitrogens is 2. The highest BCUT2D eigenvalue weighted by molar-refractivity contribution is 7.16. The second-order valence-corrected chi connectivity index (χ2v) is 3.62. The fourth-order valence-electron chi connectivity index (χ4n) is 1.04. The summed E-state index contributed by atoms with van der Waals surface area (Å²) in [4.78, 5) is 3.87. The van der Waals surface area contributed by atoms with Crippen LogP contribution in [0.25, 0.3) is 10.6 Å². The topological polar surface area (TPSA) is 80.3 Å². The summed E-state index contributed by atoms with van der Waals surface area (Å²) < 4.78 is 0.492. The molecule has 0 spiro atoms. The number of hydrogen-bond donors (Lipinski definition) is 2. The lowest BCUT2D eigenvalue weighted by molar-refractivity contribution is -0.605. The van der Waals surface area contributed by atoms with Crippen LogP contribution in [-0.2, 0) is 0 Å². The van der Waals surface area contributed by atoms with E-state index in [9.17, 15) is 10.3 Å². The molecule has 72 valence electrons. The number of aromatic hydroxyl groups is 2. The number of hydrogen-bond acceptors (Lipinski definition) is 5. The smallest absolute Gasteiger partial charge is 0.222 e. The number of nitrogens with zero attached hydrogens (tertiary/aromatic N) is 2. The SMILES string of the molecule is [O-][n+]1ccc(-c2ncc(O)s2)c(O)c1. The summed E-state index contributed by atoms with van der Waals surface area (Å²) in [5, 5.41) is 29.8. The molecule has 0 aliphatic heterocycles. The standard InChI is InChI=1S/C8H6N2O3S/c11-6-4-10(13)2-1-5(6)8-9-3-7(12)14-8/h1-4,11-12H. The summed E-state index contributed by atoms with van der Waals surface area (Å²) in [5.74, 6) is -0.156. The van der Waals surface area contributed by atoms with E-state index in [0.717, 1.165) is 17.5 Å². The van der Waals surface area contributed by atoms with Crippen molar-refractivity contribution in [1.82, 2.24) is 4.98 Å². The van der Waals surface area contributed by atoms with Gasteiger partial charge in [-0.05, 0) is 0 Å². The molecule has 14 heavy (non-hydrogen) atoms. The predicted octanol–water partition coefficient (Wildman–Crippen LogP) is 0.855. The van der Waals surface area contributed by atoms with Gasteiger partial charge in [-0.1, -0.05) is 11.3 Å². The van der Waals surface area contributed by atoms with Crippen LogP contribution in [0.2, 0.25) is 0 Å². The molecule has 0 unspecified atom stereocenters. The molecule has 2 aromatic rings. The minimum atomic E-state index is -0.156. The van der Waals surface area contributed by atoms with Crippen molar-refractivity contribution in [2.75, 3.05) is 0 Å². The van der Waals surface area contributed by atoms with Crippen molar-refractivity contribution in [2.24, 2.45) is 0 Å². The largest absolute Gasteiger partial charge is 0.619 e. The van der Waals surface area contributed by atoms with Crippen molar-refractivity contribution < 1.29 is 14.9 Å². The molecule has 2 aromatic heterocycles. The Bertz CT molecular complexity index is 469. The van der Waals surface area contributed by atoms with Crippen molar-refractivity contribution in [1.29, 1.82) is 0 Å². The first kappa shape index (κ1) is 8.76. The van der Waals surface area contributed by atoms with E-state index in [4.69, 9.17) is 5.11 Å². The number of thiazole rings is 1. The van der Waals surface area contributed by atoms with E-state index in [2.05, 4.69) is 4.98 Å². The predicted molar refractivity (Wildman–Crippen MR) is 49.8 cm³/mol. The molecule has 0 saturated heterocycles. The van der Waals surface area contributed by atoms with Gasteiger partial charge >= 0.3 is 0 Å². The molecule has 0 amide bonds. The summed E-state index contributed by atoms with van der Waals surface area (Å²) in [7, 11) is 0. The van der Waals surface area contributed by atoms with Gasteiger partial charge in [-0.3, -0.25) is 0 Å². The third-order valence-corrected chi connectivity index (χ3v) is 2.47. The molecular formula is C8H6N2O3S. The summed E-state index contributed by atoms with van der Waals surface area (Å²) in [6, 6.07) is 1.45. The Hall–Kier alpha value is -1.82. The fraction of sp³-hybridized carbons (Fsp3) is 0. The van der Waals surface area contributed by atoms with E-state index in [0.29, 0.717) is 15.3 Å². The van der Waals surface area contributed by atoms with E-state index < -0.39 is 0 Å². The van der Waals surface area contributed by atoms with Crippen molar-refractivity contribution in [3.05, 3.63) is 29.9 Å². The van der Waals surface area contributed by atoms with Crippen LogP contribution >= 0.6 is 11.3 Å². The van der Waals surface area contributed by atoms with Gasteiger partial charge in [0.05, 0.1) is 11.8 Å². The summed E-state index contributed by atoms with van der Waals surface area (Å²) >= 11 is 1.03. The minimum absolute atomic E-state index is 0.0678. The maximum atomic E-state index is 10.8. The van der Waals surface area contributed by atoms with E-state index in [-0.39, 0.29) is 10.8 Å². The third kappa shape index (κ3) is 1.47. The Morgan fingerprint density at radius 2 is 2.21 bits per heavy atom. The normalized spacial score (nSPS) is 10.3. The Labute approximate surface area is 83.1 Å². The van der Waals surface area contributed by atoms with Crippen LogP contribution in [0.4, 0.5) is 0 Å². The van der Waals surface area contributed by atoms with E-state index >= 15 is 0 Å². The zero-order valence-corrected chi connectivity index (χ0v) is 7.73. The molecule has 0 fully saturated rings. The van der Waals surface area contributed by atoms with Crippen molar-refractivity contribution in [3.8, 4) is 21.4 Å². The van der Waals surface area contributed by atoms with Crippen LogP contribution < -0.4 is 4.73 Å². The second-order valence-electron chi connectivity index (χ2n) is 2.61. The molecule has 2 rings (SSSR count). The lowest BCUT2D eigenvalue weighted by Gasteiger charge is -1.99. The van der Waals surface area contributed by atoms with Crippen molar-refractivity contribution in [3.63, 3.8) is 0 Å². The average Bonchev–Trinajstić information content (AvgIpc) is 2.51. The lowest BCUT2D eigenvalue weighted by atomic mass is 10.2. The van der Waals surface area contributed by atoms with E-state index in [1.165, 1.54) is 18.5 Å². The van der Waals surface area contributed by atoms with Gasteiger partial charge in [-0.25, -0.2) is 4.98 Å². The second kappa shape index (κ2) is 3.15. The van der Waals surface area contributed by atoms with Gasteiger partial charge < -0.3 is 15.4 Å². The molecule has 0 radical (unpaired) electrons. The highest BCUT2D eigenvalue weighted by Gasteiger charge is 2.11. The Morgan fingerprint density at radius 3 is 2.79 bits per heavy atom. The molecule has 0 aliphatic carbocycles. The maximum absolute atomic E-state index is 10.8. The number of rotatable bonds is 1. The van der Waals surface area contributed by atoms with Gasteiger partial charge in [-0.2, -0.15) is 4.73 Å². The summed E-state index contributed by atoms with van der Waals surface area (Å²) in [6.07, 6.45) is 3.58. The van der Waals surface area contributed by atoms with Crippen LogP contribution in [0.3, 0.4) is 0 Å². The van der Waals surface area contributed by atoms with E-state index in [1.54, 1.807) is 0 Å². The Morgan fingerprint density at radius 1 is 1.43 bits per heavy atom. The maximum Gasteiger partial charge on any atom is 0.222 e. The Balaban J connectivity index is 2.52. The first-order chi connectivity index (χ1) is 6.66. The lowest BCUT2D eigenvalue weighted by Crippen LogP contribution is -2.23. The first-order valence-electron chi connectivity index (χ1n) is 3.74. The molecule has 2 heterocycles. The van der Waals surface area contributed by atoms with Crippen LogP contribution in [0.15, 0.2) is 24.7 Å². The molecule has 0 atom stereocenters. The molecule has 6 heteroatoms. The highest BCUT2D eigenvalue weighted by atomic mass is 32.1. The fourth-order valence-corrected chi connectivity index (χ4v) is 1.73. The molecule has 5 nitrogen and oxygen atoms in total. The van der Waals surface area contributed by atoms with Gasteiger partial charge in [0.2, 0.25) is 6.20 Å². The summed E-state index contributed by atoms with van der Waals surface area (Å²) in [5.41, 5.74) is 0.433. The minimum Gasteiger partial charge on any atom is -0.619 e. The highest BCUT2D eigenvalue weighted by Crippen LogP contribution is 2.33. The molecule has 0 aromatic carbocycles. The molecular weight excluding hydrogens is 204 g/mol. The van der Waals surface area contributed by atoms with Crippen molar-refractivity contribution >= 4 is 11.3 Å². The quantitative estimate of drug-likeness (QED) is 0.540. The van der Waals surface area contributed by atoms with Gasteiger partial charge in [-0.15, -0.1) is 0 Å². The molecule has 0 bridgehead atoms. The third-order valence-electron chi connectivity index (χ3n) is 1.64. The first-order valence-corrected chi connectivity index (χ1v) is 4.55. The van der Waals surface area contributed by atoms with Gasteiger partial charge in [0.1, 0.15) is 5.01 Å². The van der Waals surface area contributed by atoms with Crippen molar-refractivity contribution in [2.45, 2.75) is 0 Å². The molecule has 0 saturated carbocycles. The average molecular weight is 210 g/mol. The zero-order valence-electron chi connectivity index (χ0n) is 6.91. The zero-order chi connectivity index (χ0) is 10.1. The molecule has 2 N–H and O–H groups in total. The van der Waals surface area contributed by atoms with E-state index in [1.807, 2.05) is 0 Å². The van der Waals surface area contributed by atoms with Crippen LogP contribution in [0.1, 0.15) is 0 Å². The summed E-state index contributed by atoms with van der Waals surface area (Å²) in [6.45, 7) is 0. The van der Waals surface area contributed by atoms with Crippen LogP contribution in [0, 0.1) is 5.21 Å².